The van der Waals surface area contributed by atoms with E-state index < -0.39 is 0 Å². The lowest BCUT2D eigenvalue weighted by Gasteiger charge is -2.11. The van der Waals surface area contributed by atoms with Gasteiger partial charge in [0.05, 0.1) is 19.4 Å². The van der Waals surface area contributed by atoms with Gasteiger partial charge in [0.1, 0.15) is 11.4 Å². The minimum atomic E-state index is -0.372. The van der Waals surface area contributed by atoms with Crippen molar-refractivity contribution in [1.29, 1.82) is 0 Å². The molecule has 0 radical (unpaired) electrons. The number of aliphatic hydroxyl groups excluding tert-OH is 1. The van der Waals surface area contributed by atoms with Crippen LogP contribution in [-0.2, 0) is 6.61 Å². The van der Waals surface area contributed by atoms with Gasteiger partial charge in [0.15, 0.2) is 0 Å². The number of benzene rings is 1. The van der Waals surface area contributed by atoms with Gasteiger partial charge in [0, 0.05) is 17.8 Å². The highest BCUT2D eigenvalue weighted by atomic mass is 16.5. The largest absolute Gasteiger partial charge is 0.497 e. The quantitative estimate of drug-likeness (QED) is 0.879. The highest BCUT2D eigenvalue weighted by molar-refractivity contribution is 5.39. The summed E-state index contributed by atoms with van der Waals surface area (Å²) in [6.45, 7) is 1.41. The summed E-state index contributed by atoms with van der Waals surface area (Å²) in [7, 11) is 1.59. The van der Waals surface area contributed by atoms with E-state index in [1.54, 1.807) is 18.7 Å². The molecule has 5 heteroatoms. The molecule has 1 aromatic heterocycles. The van der Waals surface area contributed by atoms with Gasteiger partial charge in [-0.15, -0.1) is 0 Å². The van der Waals surface area contributed by atoms with Crippen molar-refractivity contribution >= 4 is 0 Å². The number of hydrogen-bond donors (Lipinski definition) is 1. The summed E-state index contributed by atoms with van der Waals surface area (Å²) in [4.78, 5) is 11.5. The van der Waals surface area contributed by atoms with E-state index in [9.17, 15) is 4.79 Å². The molecule has 0 amide bonds. The maximum Gasteiger partial charge on any atom is 0.206 e. The summed E-state index contributed by atoms with van der Waals surface area (Å²) in [6.07, 6.45) is 0. The van der Waals surface area contributed by atoms with Crippen molar-refractivity contribution in [2.45, 2.75) is 13.5 Å². The van der Waals surface area contributed by atoms with Crippen LogP contribution in [-0.4, -0.2) is 22.0 Å². The molecule has 18 heavy (non-hydrogen) atoms. The molecule has 0 bridgehead atoms. The van der Waals surface area contributed by atoms with Gasteiger partial charge in [-0.05, 0) is 19.1 Å². The molecular formula is C13H14N2O3. The topological polar surface area (TPSA) is 64.3 Å². The fourth-order valence-corrected chi connectivity index (χ4v) is 1.70. The highest BCUT2D eigenvalue weighted by Gasteiger charge is 2.07. The number of aromatic nitrogens is 2. The molecular weight excluding hydrogens is 232 g/mol. The first-order chi connectivity index (χ1) is 8.65. The van der Waals surface area contributed by atoms with Crippen LogP contribution in [0.15, 0.2) is 35.1 Å². The maximum atomic E-state index is 11.5. The van der Waals surface area contributed by atoms with Crippen molar-refractivity contribution in [2.75, 3.05) is 7.11 Å². The fourth-order valence-electron chi connectivity index (χ4n) is 1.70. The lowest BCUT2D eigenvalue weighted by atomic mass is 10.2. The van der Waals surface area contributed by atoms with E-state index in [4.69, 9.17) is 9.84 Å². The van der Waals surface area contributed by atoms with E-state index >= 15 is 0 Å². The fraction of sp³-hybridized carbons (Fsp3) is 0.231. The third-order valence-corrected chi connectivity index (χ3v) is 2.63. The molecule has 0 saturated carbocycles. The molecule has 0 fully saturated rings. The van der Waals surface area contributed by atoms with E-state index in [1.165, 1.54) is 6.07 Å². The maximum absolute atomic E-state index is 11.5. The molecule has 0 saturated heterocycles. The minimum Gasteiger partial charge on any atom is -0.497 e. The number of nitrogens with zero attached hydrogens (tertiary/aromatic N) is 2. The average Bonchev–Trinajstić information content (AvgIpc) is 2.39. The molecule has 0 unspecified atom stereocenters. The Hall–Kier alpha value is -2.14. The van der Waals surface area contributed by atoms with E-state index in [0.717, 1.165) is 5.69 Å². The van der Waals surface area contributed by atoms with Crippen LogP contribution < -0.4 is 10.2 Å². The Bertz CT molecular complexity index is 620. The Kier molecular flexibility index (Phi) is 3.43. The Morgan fingerprint density at radius 3 is 2.83 bits per heavy atom. The summed E-state index contributed by atoms with van der Waals surface area (Å²) in [6, 6.07) is 8.79. The van der Waals surface area contributed by atoms with Gasteiger partial charge in [-0.3, -0.25) is 4.79 Å². The Labute approximate surface area is 104 Å². The molecule has 94 valence electrons. The zero-order valence-electron chi connectivity index (χ0n) is 10.3. The molecule has 0 aliphatic rings. The lowest BCUT2D eigenvalue weighted by molar-refractivity contribution is 0.273. The first kappa shape index (κ1) is 12.3. The number of aliphatic hydroxyl groups is 1. The lowest BCUT2D eigenvalue weighted by Crippen LogP contribution is -2.18. The van der Waals surface area contributed by atoms with Gasteiger partial charge in [-0.2, -0.15) is 5.10 Å². The summed E-state index contributed by atoms with van der Waals surface area (Å²) in [5.74, 6) is 0.706. The number of rotatable bonds is 3. The van der Waals surface area contributed by atoms with Crippen molar-refractivity contribution in [3.63, 3.8) is 0 Å². The Morgan fingerprint density at radius 1 is 1.39 bits per heavy atom. The zero-order valence-corrected chi connectivity index (χ0v) is 10.3. The molecule has 0 aliphatic heterocycles. The van der Waals surface area contributed by atoms with E-state index in [-0.39, 0.29) is 17.7 Å². The van der Waals surface area contributed by atoms with E-state index in [1.807, 2.05) is 24.3 Å². The van der Waals surface area contributed by atoms with Crippen LogP contribution in [0.25, 0.3) is 5.69 Å². The number of ether oxygens (including phenoxy) is 1. The Morgan fingerprint density at radius 2 is 2.17 bits per heavy atom. The first-order valence-corrected chi connectivity index (χ1v) is 5.51. The molecule has 1 N–H and O–H groups in total. The van der Waals surface area contributed by atoms with Gasteiger partial charge in [0.2, 0.25) is 5.43 Å². The molecule has 5 nitrogen and oxygen atoms in total. The molecule has 0 spiro atoms. The normalized spacial score (nSPS) is 10.4. The van der Waals surface area contributed by atoms with Crippen LogP contribution in [0.1, 0.15) is 11.4 Å². The molecule has 1 aromatic carbocycles. The second kappa shape index (κ2) is 5.01. The number of methoxy groups -OCH3 is 1. The van der Waals surface area contributed by atoms with E-state index in [0.29, 0.717) is 11.4 Å². The van der Waals surface area contributed by atoms with Crippen LogP contribution in [0.4, 0.5) is 0 Å². The van der Waals surface area contributed by atoms with Crippen LogP contribution in [0.3, 0.4) is 0 Å². The first-order valence-electron chi connectivity index (χ1n) is 5.51. The zero-order chi connectivity index (χ0) is 13.1. The van der Waals surface area contributed by atoms with E-state index in [2.05, 4.69) is 5.10 Å². The van der Waals surface area contributed by atoms with Gasteiger partial charge in [0.25, 0.3) is 0 Å². The number of aryl methyl sites for hydroxylation is 1. The molecule has 0 aliphatic carbocycles. The Balaban J connectivity index is 2.59. The molecule has 1 heterocycles. The van der Waals surface area contributed by atoms with Gasteiger partial charge >= 0.3 is 0 Å². The summed E-state index contributed by atoms with van der Waals surface area (Å²) in [5.41, 5.74) is 1.35. The third kappa shape index (κ3) is 2.26. The van der Waals surface area contributed by atoms with Crippen LogP contribution >= 0.6 is 0 Å². The summed E-state index contributed by atoms with van der Waals surface area (Å²) >= 11 is 0. The minimum absolute atomic E-state index is 0.128. The predicted molar refractivity (Wildman–Crippen MR) is 67.0 cm³/mol. The monoisotopic (exact) mass is 246 g/mol. The SMILES string of the molecule is COc1cccc(-n2nc(CO)c(=O)cc2C)c1. The molecule has 2 rings (SSSR count). The predicted octanol–water partition coefficient (Wildman–Crippen LogP) is 1.04. The second-order valence-corrected chi connectivity index (χ2v) is 3.87. The van der Waals surface area contributed by atoms with Gasteiger partial charge < -0.3 is 9.84 Å². The van der Waals surface area contributed by atoms with Crippen molar-refractivity contribution in [2.24, 2.45) is 0 Å². The smallest absolute Gasteiger partial charge is 0.206 e. The average molecular weight is 246 g/mol. The van der Waals surface area contributed by atoms with Crippen LogP contribution in [0.5, 0.6) is 5.75 Å². The van der Waals surface area contributed by atoms with Crippen LogP contribution in [0, 0.1) is 6.92 Å². The van der Waals surface area contributed by atoms with Crippen molar-refractivity contribution in [3.05, 3.63) is 51.9 Å². The second-order valence-electron chi connectivity index (χ2n) is 3.87. The van der Waals surface area contributed by atoms with Crippen molar-refractivity contribution in [3.8, 4) is 11.4 Å². The van der Waals surface area contributed by atoms with Crippen molar-refractivity contribution < 1.29 is 9.84 Å². The summed E-state index contributed by atoms with van der Waals surface area (Å²) in [5, 5.41) is 13.2. The summed E-state index contributed by atoms with van der Waals surface area (Å²) < 4.78 is 6.75. The highest BCUT2D eigenvalue weighted by Crippen LogP contribution is 2.16. The number of hydrogen-bond acceptors (Lipinski definition) is 4. The van der Waals surface area contributed by atoms with Crippen molar-refractivity contribution in [1.82, 2.24) is 9.78 Å². The molecule has 0 atom stereocenters. The van der Waals surface area contributed by atoms with Gasteiger partial charge in [-0.1, -0.05) is 6.07 Å². The van der Waals surface area contributed by atoms with Crippen LogP contribution in [0.2, 0.25) is 0 Å². The standard InChI is InChI=1S/C13H14N2O3/c1-9-6-13(17)12(8-16)14-15(9)10-4-3-5-11(7-10)18-2/h3-7,16H,8H2,1-2H3. The molecule has 2 aromatic rings. The van der Waals surface area contributed by atoms with Gasteiger partial charge in [-0.25, -0.2) is 4.68 Å². The third-order valence-electron chi connectivity index (χ3n) is 2.63.